The van der Waals surface area contributed by atoms with Crippen LogP contribution in [0.25, 0.3) is 0 Å². The Kier molecular flexibility index (Phi) is 46.0. The Balaban J connectivity index is 3.51. The number of hydrogen-bond acceptors (Lipinski definition) is 5. The summed E-state index contributed by atoms with van der Waals surface area (Å²) in [6.45, 7) is 4.00. The molecule has 1 atom stereocenters. The zero-order valence-corrected chi connectivity index (χ0v) is 37.8. The SMILES string of the molecule is CC/C=C\C/C=C\C/C=C\C/C=C\C/C=C\C/C=C\C/C=C\CCCCCCCCCCCCCCCC(=O)OC(CO)COC(=O)CCCCCCCCCCC. The zero-order chi connectivity index (χ0) is 42.1. The zero-order valence-electron chi connectivity index (χ0n) is 37.8. The van der Waals surface area contributed by atoms with Gasteiger partial charge in [-0.1, -0.05) is 221 Å². The lowest BCUT2D eigenvalue weighted by atomic mass is 10.0. The largest absolute Gasteiger partial charge is 0.462 e. The van der Waals surface area contributed by atoms with Crippen molar-refractivity contribution in [1.82, 2.24) is 0 Å². The predicted octanol–water partition coefficient (Wildman–Crippen LogP) is 15.9. The van der Waals surface area contributed by atoms with Gasteiger partial charge in [-0.05, 0) is 70.6 Å². The van der Waals surface area contributed by atoms with Crippen molar-refractivity contribution in [1.29, 1.82) is 0 Å². The fourth-order valence-corrected chi connectivity index (χ4v) is 6.59. The monoisotopic (exact) mass is 807 g/mol. The van der Waals surface area contributed by atoms with Gasteiger partial charge in [0, 0.05) is 12.8 Å². The third-order valence-electron chi connectivity index (χ3n) is 10.2. The van der Waals surface area contributed by atoms with Gasteiger partial charge in [0.2, 0.25) is 0 Å². The Morgan fingerprint density at radius 2 is 0.741 bits per heavy atom. The standard InChI is InChI=1S/C53H90O5/c1-3-5-7-9-11-13-14-15-16-17-18-19-20-21-22-23-24-25-26-27-28-29-30-31-32-33-34-35-36-37-38-40-42-44-46-48-53(56)58-51(49-54)50-57-52(55)47-45-43-41-39-12-10-8-6-4-2/h5,7,11,13,15-16,18-19,21-22,24-25,27-28,51,54H,3-4,6,8-10,12,14,17,20,23,26,29-50H2,1-2H3/b7-5-,13-11-,16-15-,19-18-,22-21-,25-24-,28-27-. The predicted molar refractivity (Wildman–Crippen MR) is 251 cm³/mol. The Hall–Kier alpha value is -2.92. The van der Waals surface area contributed by atoms with Crippen molar-refractivity contribution in [3.8, 4) is 0 Å². The van der Waals surface area contributed by atoms with Crippen LogP contribution in [-0.2, 0) is 19.1 Å². The summed E-state index contributed by atoms with van der Waals surface area (Å²) in [5, 5.41) is 9.56. The van der Waals surface area contributed by atoms with Crippen LogP contribution in [0.2, 0.25) is 0 Å². The van der Waals surface area contributed by atoms with Crippen molar-refractivity contribution in [2.45, 2.75) is 225 Å². The number of hydrogen-bond donors (Lipinski definition) is 1. The molecule has 1 N–H and O–H groups in total. The number of ether oxygens (including phenoxy) is 2. The van der Waals surface area contributed by atoms with Gasteiger partial charge in [0.15, 0.2) is 6.10 Å². The highest BCUT2D eigenvalue weighted by Gasteiger charge is 2.16. The first-order valence-electron chi connectivity index (χ1n) is 24.1. The quantitative estimate of drug-likeness (QED) is 0.0377. The van der Waals surface area contributed by atoms with Gasteiger partial charge in [-0.2, -0.15) is 0 Å². The molecule has 0 radical (unpaired) electrons. The molecule has 332 valence electrons. The van der Waals surface area contributed by atoms with E-state index in [0.717, 1.165) is 83.5 Å². The highest BCUT2D eigenvalue weighted by Crippen LogP contribution is 2.15. The number of rotatable bonds is 43. The summed E-state index contributed by atoms with van der Waals surface area (Å²) < 4.78 is 10.6. The topological polar surface area (TPSA) is 72.8 Å². The molecule has 5 heteroatoms. The second-order valence-corrected chi connectivity index (χ2v) is 15.8. The number of carbonyl (C=O) groups excluding carboxylic acids is 2. The molecule has 0 bridgehead atoms. The minimum absolute atomic E-state index is 0.0665. The van der Waals surface area contributed by atoms with Crippen LogP contribution in [0.3, 0.4) is 0 Å². The number of carbonyl (C=O) groups is 2. The minimum Gasteiger partial charge on any atom is -0.462 e. The highest BCUT2D eigenvalue weighted by atomic mass is 16.6. The van der Waals surface area contributed by atoms with Gasteiger partial charge >= 0.3 is 11.9 Å². The average Bonchev–Trinajstić information content (AvgIpc) is 3.23. The maximum absolute atomic E-state index is 12.2. The maximum atomic E-state index is 12.2. The minimum atomic E-state index is -0.771. The fourth-order valence-electron chi connectivity index (χ4n) is 6.59. The summed E-state index contributed by atoms with van der Waals surface area (Å²) in [7, 11) is 0. The lowest BCUT2D eigenvalue weighted by Crippen LogP contribution is -2.28. The maximum Gasteiger partial charge on any atom is 0.306 e. The van der Waals surface area contributed by atoms with E-state index >= 15 is 0 Å². The Labute approximate surface area is 358 Å². The van der Waals surface area contributed by atoms with E-state index in [0.29, 0.717) is 12.8 Å². The molecule has 0 saturated carbocycles. The van der Waals surface area contributed by atoms with Crippen LogP contribution in [0.1, 0.15) is 219 Å². The van der Waals surface area contributed by atoms with Gasteiger partial charge in [-0.3, -0.25) is 9.59 Å². The van der Waals surface area contributed by atoms with Crippen LogP contribution >= 0.6 is 0 Å². The molecule has 5 nitrogen and oxygen atoms in total. The highest BCUT2D eigenvalue weighted by molar-refractivity contribution is 5.70. The summed E-state index contributed by atoms with van der Waals surface area (Å²) in [5.41, 5.74) is 0. The molecule has 0 heterocycles. The summed E-state index contributed by atoms with van der Waals surface area (Å²) >= 11 is 0. The fraction of sp³-hybridized carbons (Fsp3) is 0.698. The molecule has 58 heavy (non-hydrogen) atoms. The molecule has 0 aliphatic carbocycles. The van der Waals surface area contributed by atoms with E-state index in [1.54, 1.807) is 0 Å². The van der Waals surface area contributed by atoms with Crippen LogP contribution in [0, 0.1) is 0 Å². The summed E-state index contributed by atoms with van der Waals surface area (Å²) in [6.07, 6.45) is 66.9. The molecule has 0 aromatic rings. The molecule has 0 saturated heterocycles. The molecule has 0 aliphatic heterocycles. The lowest BCUT2D eigenvalue weighted by Gasteiger charge is -2.15. The van der Waals surface area contributed by atoms with E-state index in [1.165, 1.54) is 109 Å². The second-order valence-electron chi connectivity index (χ2n) is 15.8. The molecule has 0 fully saturated rings. The molecule has 0 aromatic heterocycles. The summed E-state index contributed by atoms with van der Waals surface area (Å²) in [6, 6.07) is 0. The van der Waals surface area contributed by atoms with Crippen molar-refractivity contribution in [3.63, 3.8) is 0 Å². The first kappa shape index (κ1) is 55.1. The van der Waals surface area contributed by atoms with Crippen molar-refractivity contribution in [2.75, 3.05) is 13.2 Å². The van der Waals surface area contributed by atoms with Gasteiger partial charge in [0.25, 0.3) is 0 Å². The molecular formula is C53H90O5. The van der Waals surface area contributed by atoms with E-state index < -0.39 is 6.10 Å². The molecule has 0 aromatic carbocycles. The third-order valence-corrected chi connectivity index (χ3v) is 10.2. The van der Waals surface area contributed by atoms with Crippen LogP contribution in [0.4, 0.5) is 0 Å². The van der Waals surface area contributed by atoms with Crippen LogP contribution in [0.15, 0.2) is 85.1 Å². The van der Waals surface area contributed by atoms with Crippen molar-refractivity contribution < 1.29 is 24.2 Å². The normalized spacial score (nSPS) is 12.9. The van der Waals surface area contributed by atoms with Crippen molar-refractivity contribution >= 4 is 11.9 Å². The van der Waals surface area contributed by atoms with Gasteiger partial charge in [-0.15, -0.1) is 0 Å². The van der Waals surface area contributed by atoms with Crippen molar-refractivity contribution in [3.05, 3.63) is 85.1 Å². The summed E-state index contributed by atoms with van der Waals surface area (Å²) in [5.74, 6) is -0.595. The molecule has 0 spiro atoms. The van der Waals surface area contributed by atoms with Crippen molar-refractivity contribution in [2.24, 2.45) is 0 Å². The molecule has 0 rings (SSSR count). The molecule has 1 unspecified atom stereocenters. The average molecular weight is 807 g/mol. The number of esters is 2. The Morgan fingerprint density at radius 3 is 1.12 bits per heavy atom. The number of aliphatic hydroxyl groups is 1. The number of allylic oxidation sites excluding steroid dienone is 14. The Morgan fingerprint density at radius 1 is 0.414 bits per heavy atom. The lowest BCUT2D eigenvalue weighted by molar-refractivity contribution is -0.161. The first-order valence-corrected chi connectivity index (χ1v) is 24.1. The molecular weight excluding hydrogens is 717 g/mol. The van der Waals surface area contributed by atoms with E-state index in [9.17, 15) is 14.7 Å². The van der Waals surface area contributed by atoms with Crippen LogP contribution < -0.4 is 0 Å². The number of unbranched alkanes of at least 4 members (excludes halogenated alkanes) is 21. The van der Waals surface area contributed by atoms with E-state index in [1.807, 2.05) is 0 Å². The van der Waals surface area contributed by atoms with E-state index in [2.05, 4.69) is 98.9 Å². The number of aliphatic hydroxyl groups excluding tert-OH is 1. The Bertz CT molecular complexity index is 1090. The smallest absolute Gasteiger partial charge is 0.306 e. The van der Waals surface area contributed by atoms with E-state index in [4.69, 9.17) is 9.47 Å². The first-order chi connectivity index (χ1) is 28.6. The van der Waals surface area contributed by atoms with Gasteiger partial charge in [0.1, 0.15) is 6.61 Å². The van der Waals surface area contributed by atoms with E-state index in [-0.39, 0.29) is 25.2 Å². The summed E-state index contributed by atoms with van der Waals surface area (Å²) in [4.78, 5) is 24.2. The third kappa shape index (κ3) is 45.8. The van der Waals surface area contributed by atoms with Gasteiger partial charge in [0.05, 0.1) is 6.61 Å². The van der Waals surface area contributed by atoms with Crippen LogP contribution in [0.5, 0.6) is 0 Å². The van der Waals surface area contributed by atoms with Gasteiger partial charge < -0.3 is 14.6 Å². The molecule has 0 aliphatic rings. The second kappa shape index (κ2) is 48.4. The molecule has 0 amide bonds. The van der Waals surface area contributed by atoms with Gasteiger partial charge in [-0.25, -0.2) is 0 Å². The van der Waals surface area contributed by atoms with Crippen LogP contribution in [-0.4, -0.2) is 36.4 Å².